The van der Waals surface area contributed by atoms with E-state index in [1.807, 2.05) is 59.5 Å². The van der Waals surface area contributed by atoms with Crippen molar-refractivity contribution in [1.29, 1.82) is 0 Å². The van der Waals surface area contributed by atoms with Gasteiger partial charge < -0.3 is 4.90 Å². The van der Waals surface area contributed by atoms with Crippen LogP contribution in [0.15, 0.2) is 78.9 Å². The maximum absolute atomic E-state index is 14.0. The van der Waals surface area contributed by atoms with Crippen molar-refractivity contribution in [2.75, 3.05) is 13.1 Å². The van der Waals surface area contributed by atoms with Crippen molar-refractivity contribution < 1.29 is 9.18 Å². The SMILES string of the molecule is O=C(c1ccc(-c2ccccc2)cc1)N1CCC(c2ccccc2F)CC1. The molecule has 1 aliphatic heterocycles. The summed E-state index contributed by atoms with van der Waals surface area (Å²) in [5.41, 5.74) is 3.73. The molecule has 0 radical (unpaired) electrons. The fourth-order valence-electron chi connectivity index (χ4n) is 3.82. The normalized spacial score (nSPS) is 14.9. The minimum atomic E-state index is -0.140. The van der Waals surface area contributed by atoms with Crippen molar-refractivity contribution in [2.24, 2.45) is 0 Å². The van der Waals surface area contributed by atoms with Crippen LogP contribution in [0.3, 0.4) is 0 Å². The molecule has 1 heterocycles. The summed E-state index contributed by atoms with van der Waals surface area (Å²) in [6, 6.07) is 24.9. The fraction of sp³-hybridized carbons (Fsp3) is 0.208. The third kappa shape index (κ3) is 3.77. The zero-order valence-corrected chi connectivity index (χ0v) is 15.1. The largest absolute Gasteiger partial charge is 0.339 e. The Labute approximate surface area is 159 Å². The lowest BCUT2D eigenvalue weighted by atomic mass is 9.89. The molecule has 136 valence electrons. The first-order chi connectivity index (χ1) is 13.2. The number of carbonyl (C=O) groups is 1. The third-order valence-electron chi connectivity index (χ3n) is 5.37. The van der Waals surface area contributed by atoms with Gasteiger partial charge in [-0.25, -0.2) is 4.39 Å². The predicted molar refractivity (Wildman–Crippen MR) is 106 cm³/mol. The van der Waals surface area contributed by atoms with Gasteiger partial charge in [-0.2, -0.15) is 0 Å². The van der Waals surface area contributed by atoms with Crippen molar-refractivity contribution in [2.45, 2.75) is 18.8 Å². The van der Waals surface area contributed by atoms with Crippen LogP contribution in [-0.4, -0.2) is 23.9 Å². The molecule has 2 nitrogen and oxygen atoms in total. The van der Waals surface area contributed by atoms with Crippen LogP contribution in [0.1, 0.15) is 34.7 Å². The molecule has 1 aliphatic rings. The van der Waals surface area contributed by atoms with E-state index >= 15 is 0 Å². The summed E-state index contributed by atoms with van der Waals surface area (Å²) in [4.78, 5) is 14.7. The first-order valence-electron chi connectivity index (χ1n) is 9.41. The van der Waals surface area contributed by atoms with Gasteiger partial charge in [-0.15, -0.1) is 0 Å². The summed E-state index contributed by atoms with van der Waals surface area (Å²) in [5.74, 6) is 0.107. The lowest BCUT2D eigenvalue weighted by Gasteiger charge is -2.32. The van der Waals surface area contributed by atoms with E-state index in [0.717, 1.165) is 29.5 Å². The summed E-state index contributed by atoms with van der Waals surface area (Å²) >= 11 is 0. The maximum atomic E-state index is 14.0. The van der Waals surface area contributed by atoms with E-state index in [0.29, 0.717) is 18.7 Å². The summed E-state index contributed by atoms with van der Waals surface area (Å²) in [7, 11) is 0. The molecule has 0 bridgehead atoms. The van der Waals surface area contributed by atoms with Gasteiger partial charge in [0.05, 0.1) is 0 Å². The van der Waals surface area contributed by atoms with Crippen LogP contribution < -0.4 is 0 Å². The lowest BCUT2D eigenvalue weighted by Crippen LogP contribution is -2.38. The molecule has 0 unspecified atom stereocenters. The standard InChI is InChI=1S/C24H22FNO/c25-23-9-5-4-8-22(23)20-14-16-26(17-15-20)24(27)21-12-10-19(11-13-21)18-6-2-1-3-7-18/h1-13,20H,14-17H2. The fourth-order valence-corrected chi connectivity index (χ4v) is 3.82. The summed E-state index contributed by atoms with van der Waals surface area (Å²) in [5, 5.41) is 0. The zero-order valence-electron chi connectivity index (χ0n) is 15.1. The van der Waals surface area contributed by atoms with Crippen LogP contribution in [0.4, 0.5) is 4.39 Å². The monoisotopic (exact) mass is 359 g/mol. The maximum Gasteiger partial charge on any atom is 0.253 e. The number of likely N-dealkylation sites (tertiary alicyclic amines) is 1. The molecule has 0 N–H and O–H groups in total. The molecule has 0 aromatic heterocycles. The number of carbonyl (C=O) groups excluding carboxylic acids is 1. The molecular formula is C24H22FNO. The van der Waals surface area contributed by atoms with Crippen LogP contribution in [0.5, 0.6) is 0 Å². The number of rotatable bonds is 3. The van der Waals surface area contributed by atoms with Gasteiger partial charge in [0, 0.05) is 18.7 Å². The average Bonchev–Trinajstić information content (AvgIpc) is 2.74. The molecule has 3 heteroatoms. The molecule has 0 atom stereocenters. The molecule has 1 amide bonds. The number of hydrogen-bond acceptors (Lipinski definition) is 1. The molecule has 1 fully saturated rings. The van der Waals surface area contributed by atoms with E-state index in [9.17, 15) is 9.18 Å². The van der Waals surface area contributed by atoms with E-state index in [4.69, 9.17) is 0 Å². The van der Waals surface area contributed by atoms with Gasteiger partial charge >= 0.3 is 0 Å². The molecule has 1 saturated heterocycles. The Morgan fingerprint density at radius 1 is 0.778 bits per heavy atom. The minimum Gasteiger partial charge on any atom is -0.339 e. The summed E-state index contributed by atoms with van der Waals surface area (Å²) in [6.45, 7) is 1.33. The van der Waals surface area contributed by atoms with Crippen molar-refractivity contribution in [3.63, 3.8) is 0 Å². The van der Waals surface area contributed by atoms with E-state index in [1.165, 1.54) is 6.07 Å². The second kappa shape index (κ2) is 7.75. The van der Waals surface area contributed by atoms with Crippen LogP contribution in [0, 0.1) is 5.82 Å². The Kier molecular flexibility index (Phi) is 5.01. The second-order valence-corrected chi connectivity index (χ2v) is 7.03. The molecule has 3 aromatic rings. The highest BCUT2D eigenvalue weighted by molar-refractivity contribution is 5.94. The van der Waals surface area contributed by atoms with Crippen LogP contribution in [-0.2, 0) is 0 Å². The molecule has 0 aliphatic carbocycles. The van der Waals surface area contributed by atoms with E-state index in [-0.39, 0.29) is 17.6 Å². The molecular weight excluding hydrogens is 337 g/mol. The Balaban J connectivity index is 1.41. The number of amides is 1. The Morgan fingerprint density at radius 2 is 1.37 bits per heavy atom. The van der Waals surface area contributed by atoms with Crippen molar-refractivity contribution >= 4 is 5.91 Å². The van der Waals surface area contributed by atoms with Crippen molar-refractivity contribution in [3.8, 4) is 11.1 Å². The molecule has 3 aromatic carbocycles. The van der Waals surface area contributed by atoms with Crippen LogP contribution >= 0.6 is 0 Å². The number of halogens is 1. The quantitative estimate of drug-likeness (QED) is 0.603. The smallest absolute Gasteiger partial charge is 0.253 e. The first kappa shape index (κ1) is 17.5. The van der Waals surface area contributed by atoms with Crippen molar-refractivity contribution in [1.82, 2.24) is 4.90 Å². The molecule has 0 spiro atoms. The van der Waals surface area contributed by atoms with Crippen molar-refractivity contribution in [3.05, 3.63) is 95.8 Å². The van der Waals surface area contributed by atoms with Gasteiger partial charge in [-0.3, -0.25) is 4.79 Å². The lowest BCUT2D eigenvalue weighted by molar-refractivity contribution is 0.0712. The van der Waals surface area contributed by atoms with Gasteiger partial charge in [0.1, 0.15) is 5.82 Å². The van der Waals surface area contributed by atoms with E-state index in [1.54, 1.807) is 6.07 Å². The number of hydrogen-bond donors (Lipinski definition) is 0. The predicted octanol–water partition coefficient (Wildman–Crippen LogP) is 5.51. The van der Waals surface area contributed by atoms with Gasteiger partial charge in [-0.05, 0) is 53.6 Å². The first-order valence-corrected chi connectivity index (χ1v) is 9.41. The summed E-state index contributed by atoms with van der Waals surface area (Å²) < 4.78 is 14.0. The van der Waals surface area contributed by atoms with E-state index < -0.39 is 0 Å². The molecule has 0 saturated carbocycles. The highest BCUT2D eigenvalue weighted by Crippen LogP contribution is 2.30. The number of benzene rings is 3. The van der Waals surface area contributed by atoms with Gasteiger partial charge in [0.2, 0.25) is 0 Å². The third-order valence-corrected chi connectivity index (χ3v) is 5.37. The van der Waals surface area contributed by atoms with E-state index in [2.05, 4.69) is 12.1 Å². The van der Waals surface area contributed by atoms with Crippen LogP contribution in [0.25, 0.3) is 11.1 Å². The number of nitrogens with zero attached hydrogens (tertiary/aromatic N) is 1. The summed E-state index contributed by atoms with van der Waals surface area (Å²) in [6.07, 6.45) is 1.60. The molecule has 4 rings (SSSR count). The topological polar surface area (TPSA) is 20.3 Å². The van der Waals surface area contributed by atoms with Gasteiger partial charge in [-0.1, -0.05) is 60.7 Å². The minimum absolute atomic E-state index is 0.0570. The molecule has 27 heavy (non-hydrogen) atoms. The highest BCUT2D eigenvalue weighted by atomic mass is 19.1. The zero-order chi connectivity index (χ0) is 18.6. The van der Waals surface area contributed by atoms with Gasteiger partial charge in [0.15, 0.2) is 0 Å². The second-order valence-electron chi connectivity index (χ2n) is 7.03. The average molecular weight is 359 g/mol. The Bertz CT molecular complexity index is 913. The van der Waals surface area contributed by atoms with Gasteiger partial charge in [0.25, 0.3) is 5.91 Å². The van der Waals surface area contributed by atoms with Crippen LogP contribution in [0.2, 0.25) is 0 Å². The number of piperidine rings is 1. The highest BCUT2D eigenvalue weighted by Gasteiger charge is 2.25. The Hall–Kier alpha value is -2.94. The Morgan fingerprint density at radius 3 is 2.04 bits per heavy atom.